The van der Waals surface area contributed by atoms with E-state index in [0.29, 0.717) is 0 Å². The molecule has 6 heteroatoms. The molecule has 0 unspecified atom stereocenters. The summed E-state index contributed by atoms with van der Waals surface area (Å²) >= 11 is 0. The third kappa shape index (κ3) is 7.67. The van der Waals surface area contributed by atoms with Crippen molar-refractivity contribution in [1.82, 2.24) is 9.88 Å². The van der Waals surface area contributed by atoms with E-state index < -0.39 is 0 Å². The zero-order chi connectivity index (χ0) is 23.5. The average Bonchev–Trinajstić information content (AvgIpc) is 2.83. The van der Waals surface area contributed by atoms with Crippen molar-refractivity contribution in [3.8, 4) is 0 Å². The van der Waals surface area contributed by atoms with Crippen LogP contribution in [0, 0.1) is 6.92 Å². The van der Waals surface area contributed by atoms with Gasteiger partial charge in [-0.25, -0.2) is 4.98 Å². The second-order valence-corrected chi connectivity index (χ2v) is 8.41. The number of nitrogens with zero attached hydrogens (tertiary/aromatic N) is 4. The first kappa shape index (κ1) is 24.4. The average molecular weight is 448 g/mol. The van der Waals surface area contributed by atoms with Crippen LogP contribution in [0.2, 0.25) is 0 Å². The van der Waals surface area contributed by atoms with E-state index in [1.165, 1.54) is 5.56 Å². The summed E-state index contributed by atoms with van der Waals surface area (Å²) in [7, 11) is 0. The molecule has 1 aliphatic rings. The van der Waals surface area contributed by atoms with Gasteiger partial charge in [0.2, 0.25) is 0 Å². The number of hydrogen-bond acceptors (Lipinski definition) is 6. The van der Waals surface area contributed by atoms with Crippen molar-refractivity contribution in [2.75, 3.05) is 43.1 Å². The molecule has 2 heterocycles. The number of nitrogens with one attached hydrogen (secondary N) is 1. The second-order valence-electron chi connectivity index (χ2n) is 8.41. The van der Waals surface area contributed by atoms with Gasteiger partial charge >= 0.3 is 0 Å². The molecule has 0 atom stereocenters. The fraction of sp³-hybridized carbons (Fsp3) is 0.407. The molecule has 1 aliphatic heterocycles. The van der Waals surface area contributed by atoms with Gasteiger partial charge in [0.1, 0.15) is 12.4 Å². The lowest BCUT2D eigenvalue weighted by Gasteiger charge is -2.26. The third-order valence-corrected chi connectivity index (χ3v) is 5.52. The first-order chi connectivity index (χ1) is 16.1. The highest BCUT2D eigenvalue weighted by Gasteiger charge is 2.12. The van der Waals surface area contributed by atoms with E-state index in [2.05, 4.69) is 71.9 Å². The molecule has 2 aromatic rings. The zero-order valence-corrected chi connectivity index (χ0v) is 20.3. The van der Waals surface area contributed by atoms with Crippen molar-refractivity contribution in [2.45, 2.75) is 40.0 Å². The van der Waals surface area contributed by atoms with Crippen LogP contribution in [-0.2, 0) is 4.74 Å². The molecule has 0 aliphatic carbocycles. The van der Waals surface area contributed by atoms with E-state index in [9.17, 15) is 0 Å². The molecule has 0 fully saturated rings. The van der Waals surface area contributed by atoms with Gasteiger partial charge in [-0.15, -0.1) is 0 Å². The van der Waals surface area contributed by atoms with Crippen molar-refractivity contribution in [1.29, 1.82) is 0 Å². The third-order valence-electron chi connectivity index (χ3n) is 5.52. The van der Waals surface area contributed by atoms with Gasteiger partial charge in [0.15, 0.2) is 0 Å². The number of aryl methyl sites for hydroxylation is 1. The smallest absolute Gasteiger partial charge is 0.148 e. The summed E-state index contributed by atoms with van der Waals surface area (Å²) in [5, 5.41) is 4.45. The summed E-state index contributed by atoms with van der Waals surface area (Å²) in [6.45, 7) is 15.4. The van der Waals surface area contributed by atoms with Crippen LogP contribution in [0.4, 0.5) is 11.5 Å². The summed E-state index contributed by atoms with van der Waals surface area (Å²) in [4.78, 5) is 9.51. The Labute approximate surface area is 198 Å². The van der Waals surface area contributed by atoms with Gasteiger partial charge < -0.3 is 14.5 Å². The molecular formula is C27H37N5O. The molecule has 33 heavy (non-hydrogen) atoms. The van der Waals surface area contributed by atoms with Gasteiger partial charge in [0, 0.05) is 37.6 Å². The van der Waals surface area contributed by atoms with E-state index >= 15 is 0 Å². The largest absolute Gasteiger partial charge is 0.498 e. The number of aromatic nitrogens is 1. The van der Waals surface area contributed by atoms with Crippen molar-refractivity contribution in [3.05, 3.63) is 72.3 Å². The SMILES string of the molecule is C=C(CCN1C=COCC1)c1cc(N(CCC)CCC)cc(N/N=C/c2cccc(C)c2)n1. The minimum absolute atomic E-state index is 0.729. The Hall–Kier alpha value is -3.28. The Kier molecular flexibility index (Phi) is 9.36. The van der Waals surface area contributed by atoms with E-state index in [4.69, 9.17) is 9.72 Å². The van der Waals surface area contributed by atoms with Gasteiger partial charge in [0.05, 0.1) is 24.7 Å². The minimum atomic E-state index is 0.729. The highest BCUT2D eigenvalue weighted by Crippen LogP contribution is 2.25. The molecule has 0 saturated carbocycles. The van der Waals surface area contributed by atoms with Crippen LogP contribution < -0.4 is 10.3 Å². The van der Waals surface area contributed by atoms with Crippen LogP contribution in [0.15, 0.2) is 60.5 Å². The fourth-order valence-corrected chi connectivity index (χ4v) is 3.80. The molecule has 6 nitrogen and oxygen atoms in total. The van der Waals surface area contributed by atoms with Gasteiger partial charge in [-0.3, -0.25) is 5.43 Å². The molecule has 0 bridgehead atoms. The van der Waals surface area contributed by atoms with Crippen LogP contribution in [0.1, 0.15) is 49.9 Å². The van der Waals surface area contributed by atoms with E-state index in [1.807, 2.05) is 24.5 Å². The molecular weight excluding hydrogens is 410 g/mol. The number of benzene rings is 1. The molecule has 3 rings (SSSR count). The van der Waals surface area contributed by atoms with E-state index in [1.54, 1.807) is 6.26 Å². The Balaban J connectivity index is 1.79. The molecule has 0 spiro atoms. The fourth-order valence-electron chi connectivity index (χ4n) is 3.80. The molecule has 1 N–H and O–H groups in total. The lowest BCUT2D eigenvalue weighted by molar-refractivity contribution is 0.174. The highest BCUT2D eigenvalue weighted by atomic mass is 16.5. The van der Waals surface area contributed by atoms with Gasteiger partial charge in [-0.05, 0) is 43.4 Å². The van der Waals surface area contributed by atoms with Gasteiger partial charge in [0.25, 0.3) is 0 Å². The van der Waals surface area contributed by atoms with Crippen molar-refractivity contribution in [2.24, 2.45) is 5.10 Å². The quantitative estimate of drug-likeness (QED) is 0.336. The lowest BCUT2D eigenvalue weighted by atomic mass is 10.1. The monoisotopic (exact) mass is 447 g/mol. The predicted molar refractivity (Wildman–Crippen MR) is 140 cm³/mol. The molecule has 1 aromatic carbocycles. The van der Waals surface area contributed by atoms with Crippen LogP contribution in [0.25, 0.3) is 5.57 Å². The normalized spacial score (nSPS) is 13.2. The van der Waals surface area contributed by atoms with Crippen LogP contribution in [-0.4, -0.2) is 48.9 Å². The van der Waals surface area contributed by atoms with Crippen LogP contribution in [0.3, 0.4) is 0 Å². The number of ether oxygens (including phenoxy) is 1. The predicted octanol–water partition coefficient (Wildman–Crippen LogP) is 5.67. The summed E-state index contributed by atoms with van der Waals surface area (Å²) in [5.41, 5.74) is 8.50. The Bertz CT molecular complexity index is 963. The second kappa shape index (κ2) is 12.7. The number of rotatable bonds is 12. The van der Waals surface area contributed by atoms with Crippen LogP contribution in [0.5, 0.6) is 0 Å². The highest BCUT2D eigenvalue weighted by molar-refractivity contribution is 5.80. The van der Waals surface area contributed by atoms with E-state index in [-0.39, 0.29) is 0 Å². The van der Waals surface area contributed by atoms with Gasteiger partial charge in [-0.1, -0.05) is 50.3 Å². The van der Waals surface area contributed by atoms with Crippen molar-refractivity contribution >= 4 is 23.3 Å². The van der Waals surface area contributed by atoms with E-state index in [0.717, 1.165) is 80.4 Å². The van der Waals surface area contributed by atoms with Crippen molar-refractivity contribution in [3.63, 3.8) is 0 Å². The summed E-state index contributed by atoms with van der Waals surface area (Å²) in [6, 6.07) is 12.5. The number of hydrazone groups is 1. The molecule has 176 valence electrons. The Morgan fingerprint density at radius 3 is 2.76 bits per heavy atom. The topological polar surface area (TPSA) is 53.0 Å². The van der Waals surface area contributed by atoms with Crippen LogP contribution >= 0.6 is 0 Å². The number of hydrogen-bond donors (Lipinski definition) is 1. The maximum absolute atomic E-state index is 5.29. The first-order valence-electron chi connectivity index (χ1n) is 11.9. The summed E-state index contributed by atoms with van der Waals surface area (Å²) < 4.78 is 5.29. The van der Waals surface area contributed by atoms with Gasteiger partial charge in [-0.2, -0.15) is 5.10 Å². The lowest BCUT2D eigenvalue weighted by Crippen LogP contribution is -2.26. The summed E-state index contributed by atoms with van der Waals surface area (Å²) in [6.07, 6.45) is 8.61. The maximum Gasteiger partial charge on any atom is 0.148 e. The summed E-state index contributed by atoms with van der Waals surface area (Å²) in [5.74, 6) is 0.732. The van der Waals surface area contributed by atoms with Crippen molar-refractivity contribution < 1.29 is 4.74 Å². The standard InChI is InChI=1S/C27H37N5O/c1-5-11-32(12-6-2)25-19-26(23(4)10-13-31-14-16-33-17-15-31)29-27(20-25)30-28-21-24-9-7-8-22(3)18-24/h7-9,14,16,18-21H,4-6,10-13,15,17H2,1-3H3,(H,29,30)/b28-21+. The molecule has 1 aromatic heterocycles. The molecule has 0 saturated heterocycles. The Morgan fingerprint density at radius 2 is 2.06 bits per heavy atom. The maximum atomic E-state index is 5.29. The number of pyridine rings is 1. The molecule has 0 amide bonds. The Morgan fingerprint density at radius 1 is 1.24 bits per heavy atom. The first-order valence-corrected chi connectivity index (χ1v) is 11.9. The molecule has 0 radical (unpaired) electrons. The zero-order valence-electron chi connectivity index (χ0n) is 20.3. The minimum Gasteiger partial charge on any atom is -0.498 e. The number of anilines is 2.